The van der Waals surface area contributed by atoms with Gasteiger partial charge < -0.3 is 16.0 Å². The van der Waals surface area contributed by atoms with Crippen molar-refractivity contribution in [1.82, 2.24) is 4.90 Å². The molecular formula is C16H26ClN3O2. The van der Waals surface area contributed by atoms with Crippen molar-refractivity contribution in [2.24, 2.45) is 5.73 Å². The zero-order valence-corrected chi connectivity index (χ0v) is 14.5. The smallest absolute Gasteiger partial charge is 0.243 e. The van der Waals surface area contributed by atoms with Gasteiger partial charge in [-0.2, -0.15) is 0 Å². The van der Waals surface area contributed by atoms with E-state index in [1.54, 1.807) is 14.0 Å². The Hall–Kier alpha value is -1.59. The normalized spacial score (nSPS) is 12.8. The molecule has 1 aromatic rings. The largest absolute Gasteiger partial charge is 0.335 e. The minimum absolute atomic E-state index is 0. The average molecular weight is 328 g/mol. The molecular weight excluding hydrogens is 302 g/mol. The lowest BCUT2D eigenvalue weighted by molar-refractivity contribution is -0.137. The molecule has 0 heterocycles. The molecule has 0 aliphatic carbocycles. The number of aryl methyl sites for hydroxylation is 1. The maximum Gasteiger partial charge on any atom is 0.243 e. The maximum absolute atomic E-state index is 12.2. The number of hydrogen-bond acceptors (Lipinski definition) is 3. The first-order valence-corrected chi connectivity index (χ1v) is 7.17. The number of nitrogens with two attached hydrogens (primary N) is 1. The van der Waals surface area contributed by atoms with Crippen molar-refractivity contribution in [3.8, 4) is 0 Å². The number of amides is 2. The Balaban J connectivity index is 0.00000441. The van der Waals surface area contributed by atoms with Crippen LogP contribution in [0.4, 0.5) is 5.69 Å². The zero-order valence-electron chi connectivity index (χ0n) is 13.7. The van der Waals surface area contributed by atoms with E-state index in [9.17, 15) is 9.59 Å². The Bertz CT molecular complexity index is 501. The third-order valence-electron chi connectivity index (χ3n) is 3.32. The summed E-state index contributed by atoms with van der Waals surface area (Å²) in [5.41, 5.74) is 6.91. The van der Waals surface area contributed by atoms with Gasteiger partial charge in [-0.15, -0.1) is 12.4 Å². The molecule has 0 fully saturated rings. The quantitative estimate of drug-likeness (QED) is 0.842. The number of nitrogens with one attached hydrogen (secondary N) is 1. The number of anilines is 1. The Labute approximate surface area is 138 Å². The lowest BCUT2D eigenvalue weighted by Crippen LogP contribution is -2.53. The standard InChI is InChI=1S/C16H25N3O2.ClH/c1-5-10-16(3,17)15(21)19(4)11-14(20)18-13-8-6-12(2)7-9-13;/h6-9H,5,10-11,17H2,1-4H3,(H,18,20);1H. The van der Waals surface area contributed by atoms with E-state index < -0.39 is 5.54 Å². The zero-order chi connectivity index (χ0) is 16.0. The second-order valence-corrected chi connectivity index (χ2v) is 5.74. The van der Waals surface area contributed by atoms with Crippen LogP contribution in [0.5, 0.6) is 0 Å². The van der Waals surface area contributed by atoms with Crippen LogP contribution >= 0.6 is 12.4 Å². The minimum atomic E-state index is -0.923. The first-order valence-electron chi connectivity index (χ1n) is 7.17. The average Bonchev–Trinajstić information content (AvgIpc) is 2.40. The predicted octanol–water partition coefficient (Wildman–Crippen LogP) is 2.33. The van der Waals surface area contributed by atoms with Crippen LogP contribution in [0, 0.1) is 6.92 Å². The summed E-state index contributed by atoms with van der Waals surface area (Å²) in [7, 11) is 1.60. The second-order valence-electron chi connectivity index (χ2n) is 5.74. The maximum atomic E-state index is 12.2. The Kier molecular flexibility index (Phi) is 8.12. The molecule has 1 unspecified atom stereocenters. The van der Waals surface area contributed by atoms with Crippen molar-refractivity contribution in [2.45, 2.75) is 39.2 Å². The Morgan fingerprint density at radius 3 is 2.32 bits per heavy atom. The molecule has 5 nitrogen and oxygen atoms in total. The lowest BCUT2D eigenvalue weighted by atomic mass is 9.96. The summed E-state index contributed by atoms with van der Waals surface area (Å²) in [6, 6.07) is 7.50. The molecule has 0 radical (unpaired) electrons. The van der Waals surface area contributed by atoms with Crippen molar-refractivity contribution in [1.29, 1.82) is 0 Å². The Morgan fingerprint density at radius 1 is 1.27 bits per heavy atom. The monoisotopic (exact) mass is 327 g/mol. The van der Waals surface area contributed by atoms with E-state index in [0.29, 0.717) is 6.42 Å². The first kappa shape index (κ1) is 20.4. The number of halogens is 1. The molecule has 3 N–H and O–H groups in total. The van der Waals surface area contributed by atoms with Gasteiger partial charge >= 0.3 is 0 Å². The summed E-state index contributed by atoms with van der Waals surface area (Å²) in [5, 5.41) is 2.76. The van der Waals surface area contributed by atoms with Crippen molar-refractivity contribution in [3.63, 3.8) is 0 Å². The molecule has 0 bridgehead atoms. The SMILES string of the molecule is CCCC(C)(N)C(=O)N(C)CC(=O)Nc1ccc(C)cc1.Cl. The molecule has 1 atom stereocenters. The van der Waals surface area contributed by atoms with Gasteiger partial charge in [-0.25, -0.2) is 0 Å². The van der Waals surface area contributed by atoms with Crippen molar-refractivity contribution in [2.75, 3.05) is 18.9 Å². The van der Waals surface area contributed by atoms with E-state index in [-0.39, 0.29) is 30.8 Å². The number of carbonyl (C=O) groups excluding carboxylic acids is 2. The second kappa shape index (κ2) is 8.76. The summed E-state index contributed by atoms with van der Waals surface area (Å²) in [6.45, 7) is 5.65. The van der Waals surface area contributed by atoms with E-state index in [1.807, 2.05) is 38.1 Å². The van der Waals surface area contributed by atoms with Gasteiger partial charge in [-0.1, -0.05) is 31.0 Å². The summed E-state index contributed by atoms with van der Waals surface area (Å²) in [6.07, 6.45) is 1.41. The molecule has 0 saturated heterocycles. The fraction of sp³-hybridized carbons (Fsp3) is 0.500. The molecule has 0 aliphatic rings. The number of nitrogens with zero attached hydrogens (tertiary/aromatic N) is 1. The molecule has 0 spiro atoms. The van der Waals surface area contributed by atoms with Gasteiger partial charge in [0.25, 0.3) is 0 Å². The van der Waals surface area contributed by atoms with E-state index in [4.69, 9.17) is 5.73 Å². The van der Waals surface area contributed by atoms with Gasteiger partial charge in [0.15, 0.2) is 0 Å². The highest BCUT2D eigenvalue weighted by atomic mass is 35.5. The highest BCUT2D eigenvalue weighted by molar-refractivity contribution is 5.95. The number of rotatable bonds is 6. The fourth-order valence-electron chi connectivity index (χ4n) is 2.19. The van der Waals surface area contributed by atoms with E-state index in [2.05, 4.69) is 5.32 Å². The third kappa shape index (κ3) is 6.03. The van der Waals surface area contributed by atoms with Crippen LogP contribution in [0.1, 0.15) is 32.3 Å². The molecule has 22 heavy (non-hydrogen) atoms. The summed E-state index contributed by atoms with van der Waals surface area (Å²) in [5.74, 6) is -0.453. The van der Waals surface area contributed by atoms with Crippen molar-refractivity contribution in [3.05, 3.63) is 29.8 Å². The van der Waals surface area contributed by atoms with Crippen LogP contribution in [0.25, 0.3) is 0 Å². The fourth-order valence-corrected chi connectivity index (χ4v) is 2.19. The topological polar surface area (TPSA) is 75.4 Å². The minimum Gasteiger partial charge on any atom is -0.335 e. The molecule has 124 valence electrons. The summed E-state index contributed by atoms with van der Waals surface area (Å²) in [4.78, 5) is 25.5. The van der Waals surface area contributed by atoms with Gasteiger partial charge in [0.1, 0.15) is 0 Å². The van der Waals surface area contributed by atoms with Gasteiger partial charge in [-0.05, 0) is 32.4 Å². The van der Waals surface area contributed by atoms with E-state index in [1.165, 1.54) is 4.90 Å². The Morgan fingerprint density at radius 2 is 1.82 bits per heavy atom. The summed E-state index contributed by atoms with van der Waals surface area (Å²) < 4.78 is 0. The van der Waals surface area contributed by atoms with Crippen molar-refractivity contribution < 1.29 is 9.59 Å². The summed E-state index contributed by atoms with van der Waals surface area (Å²) >= 11 is 0. The highest BCUT2D eigenvalue weighted by Crippen LogP contribution is 2.12. The van der Waals surface area contributed by atoms with Crippen LogP contribution in [0.2, 0.25) is 0 Å². The van der Waals surface area contributed by atoms with Crippen LogP contribution < -0.4 is 11.1 Å². The highest BCUT2D eigenvalue weighted by Gasteiger charge is 2.30. The van der Waals surface area contributed by atoms with Crippen LogP contribution in [-0.2, 0) is 9.59 Å². The molecule has 1 rings (SSSR count). The van der Waals surface area contributed by atoms with E-state index in [0.717, 1.165) is 17.7 Å². The molecule has 1 aromatic carbocycles. The van der Waals surface area contributed by atoms with Gasteiger partial charge in [0, 0.05) is 12.7 Å². The molecule has 6 heteroatoms. The number of benzene rings is 1. The third-order valence-corrected chi connectivity index (χ3v) is 3.32. The first-order chi connectivity index (χ1) is 9.76. The predicted molar refractivity (Wildman–Crippen MR) is 92.2 cm³/mol. The van der Waals surface area contributed by atoms with Gasteiger partial charge in [0.2, 0.25) is 11.8 Å². The molecule has 0 aliphatic heterocycles. The molecule has 0 aromatic heterocycles. The van der Waals surface area contributed by atoms with Gasteiger partial charge in [-0.3, -0.25) is 9.59 Å². The molecule has 2 amide bonds. The number of carbonyl (C=O) groups is 2. The number of likely N-dealkylation sites (N-methyl/N-ethyl adjacent to an activating group) is 1. The lowest BCUT2D eigenvalue weighted by Gasteiger charge is -2.28. The van der Waals surface area contributed by atoms with Crippen LogP contribution in [-0.4, -0.2) is 35.8 Å². The van der Waals surface area contributed by atoms with Crippen LogP contribution in [0.15, 0.2) is 24.3 Å². The molecule has 0 saturated carbocycles. The van der Waals surface area contributed by atoms with Gasteiger partial charge in [0.05, 0.1) is 12.1 Å². The van der Waals surface area contributed by atoms with E-state index >= 15 is 0 Å². The van der Waals surface area contributed by atoms with Crippen molar-refractivity contribution >= 4 is 29.9 Å². The number of hydrogen-bond donors (Lipinski definition) is 2. The van der Waals surface area contributed by atoms with Crippen LogP contribution in [0.3, 0.4) is 0 Å².